The van der Waals surface area contributed by atoms with Gasteiger partial charge in [0.1, 0.15) is 0 Å². The van der Waals surface area contributed by atoms with E-state index in [0.717, 1.165) is 38.7 Å². The summed E-state index contributed by atoms with van der Waals surface area (Å²) in [4.78, 5) is 7.31. The molecule has 0 amide bonds. The predicted molar refractivity (Wildman–Crippen MR) is 114 cm³/mol. The maximum absolute atomic E-state index is 5.84. The molecule has 5 nitrogen and oxygen atoms in total. The Kier molecular flexibility index (Phi) is 10.2. The minimum Gasteiger partial charge on any atom is -0.376 e. The van der Waals surface area contributed by atoms with E-state index in [4.69, 9.17) is 9.73 Å². The molecule has 1 fully saturated rings. The van der Waals surface area contributed by atoms with Gasteiger partial charge in [0, 0.05) is 26.2 Å². The lowest BCUT2D eigenvalue weighted by molar-refractivity contribution is 0.0945. The highest BCUT2D eigenvalue weighted by molar-refractivity contribution is 5.79. The van der Waals surface area contributed by atoms with Gasteiger partial charge in [0.2, 0.25) is 0 Å². The van der Waals surface area contributed by atoms with E-state index in [1.54, 1.807) is 0 Å². The van der Waals surface area contributed by atoms with E-state index in [1.165, 1.54) is 31.5 Å². The fraction of sp³-hybridized carbons (Fsp3) is 0.682. The van der Waals surface area contributed by atoms with Crippen LogP contribution in [0.25, 0.3) is 0 Å². The molecule has 2 rings (SSSR count). The molecule has 152 valence electrons. The molecule has 27 heavy (non-hydrogen) atoms. The van der Waals surface area contributed by atoms with Gasteiger partial charge < -0.3 is 20.3 Å². The average molecular weight is 375 g/mol. The van der Waals surface area contributed by atoms with Crippen LogP contribution in [-0.4, -0.2) is 56.7 Å². The molecule has 1 aromatic carbocycles. The molecule has 0 spiro atoms. The number of ether oxygens (including phenoxy) is 1. The van der Waals surface area contributed by atoms with Crippen LogP contribution in [0.5, 0.6) is 0 Å². The average Bonchev–Trinajstić information content (AvgIpc) is 2.71. The normalized spacial score (nSPS) is 19.7. The van der Waals surface area contributed by atoms with E-state index in [9.17, 15) is 0 Å². The van der Waals surface area contributed by atoms with Crippen LogP contribution in [-0.2, 0) is 11.3 Å². The van der Waals surface area contributed by atoms with Gasteiger partial charge in [0.25, 0.3) is 0 Å². The standard InChI is InChI=1S/C22H38N4O/c1-4-23-22(25-15-21-12-9-13-26(5-2)16-21)24-14-19(3)17-27-18-20-10-7-6-8-11-20/h6-8,10-11,19,21H,4-5,9,12-18H2,1-3H3,(H2,23,24,25). The van der Waals surface area contributed by atoms with Crippen LogP contribution in [0.15, 0.2) is 35.3 Å². The third kappa shape index (κ3) is 8.76. The molecule has 0 radical (unpaired) electrons. The Morgan fingerprint density at radius 2 is 2.07 bits per heavy atom. The fourth-order valence-electron chi connectivity index (χ4n) is 3.44. The molecule has 5 heteroatoms. The number of nitrogens with zero attached hydrogens (tertiary/aromatic N) is 2. The molecular formula is C22H38N4O. The topological polar surface area (TPSA) is 48.9 Å². The van der Waals surface area contributed by atoms with Gasteiger partial charge in [-0.2, -0.15) is 0 Å². The third-order valence-electron chi connectivity index (χ3n) is 5.03. The summed E-state index contributed by atoms with van der Waals surface area (Å²) in [5.41, 5.74) is 1.22. The van der Waals surface area contributed by atoms with Gasteiger partial charge in [-0.05, 0) is 50.3 Å². The van der Waals surface area contributed by atoms with Gasteiger partial charge in [0.05, 0.1) is 13.2 Å². The highest BCUT2D eigenvalue weighted by Gasteiger charge is 2.18. The number of rotatable bonds is 10. The number of guanidine groups is 1. The highest BCUT2D eigenvalue weighted by atomic mass is 16.5. The van der Waals surface area contributed by atoms with Gasteiger partial charge >= 0.3 is 0 Å². The van der Waals surface area contributed by atoms with Gasteiger partial charge in [0.15, 0.2) is 5.96 Å². The van der Waals surface area contributed by atoms with E-state index >= 15 is 0 Å². The molecule has 1 aromatic rings. The SMILES string of the molecule is CCNC(=NCC(C)COCc1ccccc1)NCC1CCCN(CC)C1. The zero-order valence-electron chi connectivity index (χ0n) is 17.4. The summed E-state index contributed by atoms with van der Waals surface area (Å²) in [7, 11) is 0. The van der Waals surface area contributed by atoms with Crippen molar-refractivity contribution in [3.63, 3.8) is 0 Å². The molecular weight excluding hydrogens is 336 g/mol. The summed E-state index contributed by atoms with van der Waals surface area (Å²) in [6, 6.07) is 10.3. The number of hydrogen-bond donors (Lipinski definition) is 2. The molecule has 0 saturated carbocycles. The van der Waals surface area contributed by atoms with Crippen molar-refractivity contribution in [2.24, 2.45) is 16.8 Å². The Morgan fingerprint density at radius 1 is 1.26 bits per heavy atom. The number of hydrogen-bond acceptors (Lipinski definition) is 3. The van der Waals surface area contributed by atoms with Crippen LogP contribution in [0.2, 0.25) is 0 Å². The Hall–Kier alpha value is -1.59. The van der Waals surface area contributed by atoms with Crippen LogP contribution in [0.4, 0.5) is 0 Å². The van der Waals surface area contributed by atoms with E-state index in [-0.39, 0.29) is 0 Å². The molecule has 2 unspecified atom stereocenters. The summed E-state index contributed by atoms with van der Waals surface area (Å²) in [6.07, 6.45) is 2.62. The highest BCUT2D eigenvalue weighted by Crippen LogP contribution is 2.15. The van der Waals surface area contributed by atoms with Gasteiger partial charge in [-0.3, -0.25) is 4.99 Å². The molecule has 1 aliphatic heterocycles. The lowest BCUT2D eigenvalue weighted by Crippen LogP contribution is -2.44. The van der Waals surface area contributed by atoms with E-state index < -0.39 is 0 Å². The van der Waals surface area contributed by atoms with Crippen molar-refractivity contribution in [3.8, 4) is 0 Å². The fourth-order valence-corrected chi connectivity index (χ4v) is 3.44. The zero-order valence-corrected chi connectivity index (χ0v) is 17.4. The molecule has 0 bridgehead atoms. The van der Waals surface area contributed by atoms with E-state index in [2.05, 4.69) is 48.4 Å². The lowest BCUT2D eigenvalue weighted by Gasteiger charge is -2.32. The first-order valence-corrected chi connectivity index (χ1v) is 10.6. The second-order valence-electron chi connectivity index (χ2n) is 7.61. The first-order valence-electron chi connectivity index (χ1n) is 10.6. The first kappa shape index (κ1) is 21.7. The first-order chi connectivity index (χ1) is 13.2. The lowest BCUT2D eigenvalue weighted by atomic mass is 9.98. The summed E-state index contributed by atoms with van der Waals surface area (Å²) < 4.78 is 5.84. The molecule has 2 N–H and O–H groups in total. The van der Waals surface area contributed by atoms with Crippen LogP contribution < -0.4 is 10.6 Å². The number of nitrogens with one attached hydrogen (secondary N) is 2. The van der Waals surface area contributed by atoms with Gasteiger partial charge in [-0.25, -0.2) is 0 Å². The zero-order chi connectivity index (χ0) is 19.3. The Balaban J connectivity index is 1.69. The van der Waals surface area contributed by atoms with Gasteiger partial charge in [-0.15, -0.1) is 0 Å². The largest absolute Gasteiger partial charge is 0.376 e. The summed E-state index contributed by atoms with van der Waals surface area (Å²) in [6.45, 7) is 14.2. The maximum atomic E-state index is 5.84. The minimum absolute atomic E-state index is 0.398. The Labute approximate surface area is 165 Å². The number of likely N-dealkylation sites (tertiary alicyclic amines) is 1. The second-order valence-corrected chi connectivity index (χ2v) is 7.61. The quantitative estimate of drug-likeness (QED) is 0.488. The molecule has 2 atom stereocenters. The molecule has 1 aliphatic rings. The van der Waals surface area contributed by atoms with Crippen molar-refractivity contribution in [2.45, 2.75) is 40.2 Å². The van der Waals surface area contributed by atoms with Gasteiger partial charge in [-0.1, -0.05) is 44.2 Å². The maximum Gasteiger partial charge on any atom is 0.191 e. The van der Waals surface area contributed by atoms with Crippen molar-refractivity contribution in [1.29, 1.82) is 0 Å². The summed E-state index contributed by atoms with van der Waals surface area (Å²) >= 11 is 0. The van der Waals surface area contributed by atoms with Crippen molar-refractivity contribution in [2.75, 3.05) is 45.9 Å². The van der Waals surface area contributed by atoms with Crippen molar-refractivity contribution in [3.05, 3.63) is 35.9 Å². The monoisotopic (exact) mass is 374 g/mol. The van der Waals surface area contributed by atoms with Crippen LogP contribution in [0, 0.1) is 11.8 Å². The van der Waals surface area contributed by atoms with Crippen molar-refractivity contribution in [1.82, 2.24) is 15.5 Å². The predicted octanol–water partition coefficient (Wildman–Crippen LogP) is 3.13. The van der Waals surface area contributed by atoms with E-state index in [1.807, 2.05) is 18.2 Å². The molecule has 0 aromatic heterocycles. The Morgan fingerprint density at radius 3 is 2.81 bits per heavy atom. The van der Waals surface area contributed by atoms with Crippen molar-refractivity contribution >= 4 is 5.96 Å². The van der Waals surface area contributed by atoms with Crippen LogP contribution >= 0.6 is 0 Å². The second kappa shape index (κ2) is 12.7. The Bertz CT molecular complexity index is 534. The molecule has 1 saturated heterocycles. The number of aliphatic imine (C=N–C) groups is 1. The smallest absolute Gasteiger partial charge is 0.191 e. The van der Waals surface area contributed by atoms with Crippen molar-refractivity contribution < 1.29 is 4.74 Å². The summed E-state index contributed by atoms with van der Waals surface area (Å²) in [5.74, 6) is 2.05. The third-order valence-corrected chi connectivity index (χ3v) is 5.03. The molecule has 0 aliphatic carbocycles. The minimum atomic E-state index is 0.398. The molecule has 1 heterocycles. The number of piperidine rings is 1. The number of benzene rings is 1. The van der Waals surface area contributed by atoms with Crippen LogP contribution in [0.3, 0.4) is 0 Å². The van der Waals surface area contributed by atoms with E-state index in [0.29, 0.717) is 18.4 Å². The van der Waals surface area contributed by atoms with Crippen LogP contribution in [0.1, 0.15) is 39.2 Å². The summed E-state index contributed by atoms with van der Waals surface area (Å²) in [5, 5.41) is 6.91.